The van der Waals surface area contributed by atoms with Crippen molar-refractivity contribution in [3.63, 3.8) is 0 Å². The largest absolute Gasteiger partial charge is 0.507 e. The van der Waals surface area contributed by atoms with Crippen LogP contribution in [0.5, 0.6) is 11.5 Å². The van der Waals surface area contributed by atoms with E-state index in [9.17, 15) is 9.90 Å². The van der Waals surface area contributed by atoms with Gasteiger partial charge in [0.05, 0.1) is 12.3 Å². The van der Waals surface area contributed by atoms with Gasteiger partial charge in [-0.15, -0.1) is 0 Å². The van der Waals surface area contributed by atoms with Gasteiger partial charge in [0.2, 0.25) is 0 Å². The predicted molar refractivity (Wildman–Crippen MR) is 115 cm³/mol. The quantitative estimate of drug-likeness (QED) is 0.210. The third-order valence-electron chi connectivity index (χ3n) is 4.68. The summed E-state index contributed by atoms with van der Waals surface area (Å²) in [4.78, 5) is 10.8. The van der Waals surface area contributed by atoms with Gasteiger partial charge in [-0.3, -0.25) is 0 Å². The average molecular weight is 392 g/mol. The van der Waals surface area contributed by atoms with E-state index in [4.69, 9.17) is 10.5 Å². The molecular formula is C22H37N3O3. The highest BCUT2D eigenvalue weighted by Crippen LogP contribution is 2.25. The van der Waals surface area contributed by atoms with Crippen molar-refractivity contribution in [2.75, 3.05) is 6.61 Å². The van der Waals surface area contributed by atoms with E-state index in [-0.39, 0.29) is 5.75 Å². The molecule has 0 aliphatic heterocycles. The molecule has 1 rings (SSSR count). The van der Waals surface area contributed by atoms with Crippen LogP contribution in [0.4, 0.5) is 4.79 Å². The first-order valence-electron chi connectivity index (χ1n) is 10.7. The van der Waals surface area contributed by atoms with Gasteiger partial charge in [-0.1, -0.05) is 71.6 Å². The number of phenolic OH excluding ortho intramolecular Hbond substituents is 1. The van der Waals surface area contributed by atoms with Gasteiger partial charge in [0.15, 0.2) is 0 Å². The number of nitrogens with zero attached hydrogens (tertiary/aromatic N) is 1. The molecule has 1 aromatic rings. The zero-order valence-electron chi connectivity index (χ0n) is 17.5. The highest BCUT2D eigenvalue weighted by molar-refractivity contribution is 6.03. The topological polar surface area (TPSA) is 96.9 Å². The molecule has 4 N–H and O–H groups in total. The summed E-state index contributed by atoms with van der Waals surface area (Å²) < 4.78 is 5.74. The van der Waals surface area contributed by atoms with Crippen molar-refractivity contribution >= 4 is 11.7 Å². The Balaban J connectivity index is 2.26. The van der Waals surface area contributed by atoms with Gasteiger partial charge >= 0.3 is 6.03 Å². The van der Waals surface area contributed by atoms with Crippen LogP contribution >= 0.6 is 0 Å². The summed E-state index contributed by atoms with van der Waals surface area (Å²) >= 11 is 0. The Morgan fingerprint density at radius 1 is 1.04 bits per heavy atom. The maximum atomic E-state index is 10.8. The number of amides is 2. The second kappa shape index (κ2) is 14.8. The molecule has 2 amide bonds. The number of hydrazone groups is 1. The van der Waals surface area contributed by atoms with Gasteiger partial charge in [0.25, 0.3) is 0 Å². The molecule has 0 radical (unpaired) electrons. The lowest BCUT2D eigenvalue weighted by Crippen LogP contribution is -2.25. The molecule has 0 aliphatic carbocycles. The first-order valence-corrected chi connectivity index (χ1v) is 10.7. The number of urea groups is 1. The summed E-state index contributed by atoms with van der Waals surface area (Å²) in [6.45, 7) is 4.78. The van der Waals surface area contributed by atoms with Crippen molar-refractivity contribution in [3.05, 3.63) is 23.8 Å². The number of nitrogens with two attached hydrogens (primary N) is 1. The number of rotatable bonds is 15. The lowest BCUT2D eigenvalue weighted by Gasteiger charge is -2.10. The number of ether oxygens (including phenoxy) is 1. The van der Waals surface area contributed by atoms with E-state index in [0.717, 1.165) is 6.42 Å². The van der Waals surface area contributed by atoms with Crippen molar-refractivity contribution in [1.82, 2.24) is 5.43 Å². The van der Waals surface area contributed by atoms with Crippen molar-refractivity contribution in [2.24, 2.45) is 10.8 Å². The van der Waals surface area contributed by atoms with Crippen molar-refractivity contribution in [3.8, 4) is 11.5 Å². The van der Waals surface area contributed by atoms with Gasteiger partial charge in [0, 0.05) is 11.6 Å². The molecular weight excluding hydrogens is 354 g/mol. The highest BCUT2D eigenvalue weighted by Gasteiger charge is 2.09. The molecule has 0 spiro atoms. The van der Waals surface area contributed by atoms with E-state index in [2.05, 4.69) is 17.5 Å². The summed E-state index contributed by atoms with van der Waals surface area (Å²) in [7, 11) is 0. The lowest BCUT2D eigenvalue weighted by molar-refractivity contribution is 0.249. The van der Waals surface area contributed by atoms with E-state index in [0.29, 0.717) is 30.1 Å². The minimum atomic E-state index is -0.734. The van der Waals surface area contributed by atoms with Gasteiger partial charge in [0.1, 0.15) is 11.5 Å². The second-order valence-electron chi connectivity index (χ2n) is 7.10. The number of nitrogens with one attached hydrogen (secondary N) is 1. The fourth-order valence-electron chi connectivity index (χ4n) is 3.08. The molecule has 6 nitrogen and oxygen atoms in total. The maximum Gasteiger partial charge on any atom is 0.332 e. The van der Waals surface area contributed by atoms with Gasteiger partial charge in [-0.25, -0.2) is 10.2 Å². The van der Waals surface area contributed by atoms with Crippen molar-refractivity contribution in [1.29, 1.82) is 0 Å². The molecule has 6 heteroatoms. The Morgan fingerprint density at radius 2 is 1.64 bits per heavy atom. The summed E-state index contributed by atoms with van der Waals surface area (Å²) in [5, 5.41) is 14.2. The Hall–Kier alpha value is -2.24. The predicted octanol–water partition coefficient (Wildman–Crippen LogP) is 5.47. The fraction of sp³-hybridized carbons (Fsp3) is 0.636. The average Bonchev–Trinajstić information content (AvgIpc) is 2.67. The number of hydrogen-bond acceptors (Lipinski definition) is 4. The van der Waals surface area contributed by atoms with Crippen LogP contribution in [-0.2, 0) is 0 Å². The number of phenols is 1. The van der Waals surface area contributed by atoms with Gasteiger partial charge < -0.3 is 15.6 Å². The first-order chi connectivity index (χ1) is 13.6. The zero-order valence-corrected chi connectivity index (χ0v) is 17.5. The van der Waals surface area contributed by atoms with E-state index >= 15 is 0 Å². The van der Waals surface area contributed by atoms with Crippen LogP contribution in [0.3, 0.4) is 0 Å². The number of unbranched alkanes of at least 4 members (excludes halogenated alkanes) is 9. The molecule has 28 heavy (non-hydrogen) atoms. The molecule has 0 saturated carbocycles. The minimum absolute atomic E-state index is 0.0763. The zero-order chi connectivity index (χ0) is 20.6. The van der Waals surface area contributed by atoms with Crippen molar-refractivity contribution < 1.29 is 14.6 Å². The number of benzene rings is 1. The monoisotopic (exact) mass is 391 g/mol. The van der Waals surface area contributed by atoms with Crippen LogP contribution in [0.25, 0.3) is 0 Å². The minimum Gasteiger partial charge on any atom is -0.507 e. The van der Waals surface area contributed by atoms with Crippen LogP contribution in [-0.4, -0.2) is 23.5 Å². The fourth-order valence-corrected chi connectivity index (χ4v) is 3.08. The molecule has 0 heterocycles. The molecule has 0 atom stereocenters. The maximum absolute atomic E-state index is 10.8. The Bertz CT molecular complexity index is 603. The normalized spacial score (nSPS) is 11.4. The highest BCUT2D eigenvalue weighted by atomic mass is 16.5. The van der Waals surface area contributed by atoms with Crippen LogP contribution in [0, 0.1) is 0 Å². The van der Waals surface area contributed by atoms with Crippen molar-refractivity contribution in [2.45, 2.75) is 84.5 Å². The number of carbonyl (C=O) groups excluding carboxylic acids is 1. The van der Waals surface area contributed by atoms with Crippen LogP contribution in [0.1, 0.15) is 90.0 Å². The first kappa shape index (κ1) is 23.8. The lowest BCUT2D eigenvalue weighted by atomic mass is 10.1. The summed E-state index contributed by atoms with van der Waals surface area (Å²) in [6, 6.07) is 4.40. The van der Waals surface area contributed by atoms with Crippen LogP contribution < -0.4 is 15.9 Å². The van der Waals surface area contributed by atoms with Gasteiger partial charge in [-0.2, -0.15) is 5.10 Å². The van der Waals surface area contributed by atoms with E-state index in [1.807, 2.05) is 6.92 Å². The molecule has 0 fully saturated rings. The third kappa shape index (κ3) is 10.2. The Kier molecular flexibility index (Phi) is 12.6. The van der Waals surface area contributed by atoms with E-state index in [1.54, 1.807) is 18.2 Å². The molecule has 0 aromatic heterocycles. The van der Waals surface area contributed by atoms with E-state index in [1.165, 1.54) is 57.8 Å². The standard InChI is InChI=1S/C22H37N3O3/c1-3-5-6-7-8-9-10-11-12-13-16-28-18-14-15-19(21(26)17-18)20(4-2)24-25-22(23)27/h14-15,17,26H,3-13,16H2,1-2H3,(H3,23,25,27). The summed E-state index contributed by atoms with van der Waals surface area (Å²) in [5.74, 6) is 0.711. The summed E-state index contributed by atoms with van der Waals surface area (Å²) in [6.07, 6.45) is 13.4. The van der Waals surface area contributed by atoms with Gasteiger partial charge in [-0.05, 0) is 25.0 Å². The number of hydrogen-bond donors (Lipinski definition) is 3. The Labute approximate surface area is 169 Å². The SMILES string of the molecule is CCCCCCCCCCCCOc1ccc(C(CC)=NNC(N)=O)c(O)c1. The third-order valence-corrected chi connectivity index (χ3v) is 4.68. The summed E-state index contributed by atoms with van der Waals surface area (Å²) in [5.41, 5.74) is 8.33. The molecule has 0 unspecified atom stereocenters. The van der Waals surface area contributed by atoms with Crippen LogP contribution in [0.2, 0.25) is 0 Å². The molecule has 158 valence electrons. The molecule has 0 bridgehead atoms. The van der Waals surface area contributed by atoms with E-state index < -0.39 is 6.03 Å². The molecule has 1 aromatic carbocycles. The van der Waals surface area contributed by atoms with Crippen LogP contribution in [0.15, 0.2) is 23.3 Å². The number of aromatic hydroxyl groups is 1. The number of primary amides is 1. The second-order valence-corrected chi connectivity index (χ2v) is 7.10. The number of carbonyl (C=O) groups is 1. The molecule has 0 saturated heterocycles. The molecule has 0 aliphatic rings. The Morgan fingerprint density at radius 3 is 2.18 bits per heavy atom. The smallest absolute Gasteiger partial charge is 0.332 e.